The van der Waals surface area contributed by atoms with Gasteiger partial charge >= 0.3 is 6.18 Å². The van der Waals surface area contributed by atoms with E-state index in [9.17, 15) is 36.3 Å². The maximum Gasteiger partial charge on any atom is 0.419 e. The number of hydrogen-bond acceptors (Lipinski definition) is 5. The molecule has 2 aromatic rings. The van der Waals surface area contributed by atoms with E-state index in [-0.39, 0.29) is 52.5 Å². The van der Waals surface area contributed by atoms with Crippen LogP contribution in [0.4, 0.5) is 27.6 Å². The van der Waals surface area contributed by atoms with E-state index in [0.717, 1.165) is 18.4 Å². The van der Waals surface area contributed by atoms with E-state index in [1.807, 2.05) is 0 Å². The molecule has 0 aromatic heterocycles. The molecule has 0 saturated heterocycles. The average molecular weight is 567 g/mol. The number of hydrogen-bond donors (Lipinski definition) is 2. The smallest absolute Gasteiger partial charge is 0.419 e. The molecule has 0 radical (unpaired) electrons. The monoisotopic (exact) mass is 566 g/mol. The Labute approximate surface area is 226 Å². The van der Waals surface area contributed by atoms with Crippen molar-refractivity contribution >= 4 is 23.8 Å². The lowest BCUT2D eigenvalue weighted by molar-refractivity contribution is -0.140. The molecule has 1 fully saturated rings. The number of rotatable bonds is 8. The fourth-order valence-corrected chi connectivity index (χ4v) is 4.86. The minimum absolute atomic E-state index is 0.0482. The third kappa shape index (κ3) is 6.60. The van der Waals surface area contributed by atoms with Gasteiger partial charge in [0, 0.05) is 28.9 Å². The summed E-state index contributed by atoms with van der Waals surface area (Å²) in [5.74, 6) is -3.92. The van der Waals surface area contributed by atoms with E-state index in [1.165, 1.54) is 13.2 Å². The van der Waals surface area contributed by atoms with E-state index < -0.39 is 35.2 Å². The average Bonchev–Trinajstić information content (AvgIpc) is 3.38. The molecule has 2 aromatic carbocycles. The number of benzene rings is 2. The minimum Gasteiger partial charge on any atom is -0.496 e. The predicted molar refractivity (Wildman–Crippen MR) is 134 cm³/mol. The molecule has 1 saturated carbocycles. The van der Waals surface area contributed by atoms with Crippen molar-refractivity contribution in [2.75, 3.05) is 12.4 Å². The third-order valence-corrected chi connectivity index (χ3v) is 6.99. The van der Waals surface area contributed by atoms with E-state index in [1.54, 1.807) is 0 Å². The Kier molecular flexibility index (Phi) is 8.75. The van der Waals surface area contributed by atoms with Gasteiger partial charge in [-0.1, -0.05) is 0 Å². The van der Waals surface area contributed by atoms with Gasteiger partial charge in [-0.25, -0.2) is 8.78 Å². The van der Waals surface area contributed by atoms with Crippen molar-refractivity contribution in [2.24, 2.45) is 5.92 Å². The van der Waals surface area contributed by atoms with Crippen LogP contribution in [0, 0.1) is 17.6 Å². The van der Waals surface area contributed by atoms with Gasteiger partial charge in [-0.05, 0) is 69.2 Å². The molecule has 2 aliphatic rings. The number of anilines is 1. The van der Waals surface area contributed by atoms with Gasteiger partial charge in [-0.2, -0.15) is 13.2 Å². The Morgan fingerprint density at radius 1 is 0.925 bits per heavy atom. The van der Waals surface area contributed by atoms with Crippen molar-refractivity contribution in [3.05, 3.63) is 64.4 Å². The molecule has 4 rings (SSSR count). The highest BCUT2D eigenvalue weighted by atomic mass is 19.4. The molecule has 0 atom stereocenters. The number of methoxy groups -OCH3 is 1. The van der Waals surface area contributed by atoms with Crippen molar-refractivity contribution in [3.8, 4) is 11.5 Å². The molecule has 2 amide bonds. The molecular formula is C28H27F5N2O5. The number of amides is 2. The first-order valence-electron chi connectivity index (χ1n) is 12.7. The summed E-state index contributed by atoms with van der Waals surface area (Å²) in [7, 11) is 1.26. The molecule has 0 spiro atoms. The second-order valence-electron chi connectivity index (χ2n) is 9.68. The highest BCUT2D eigenvalue weighted by Crippen LogP contribution is 2.35. The number of carbonyl (C=O) groups excluding carboxylic acids is 3. The number of alkyl halides is 3. The summed E-state index contributed by atoms with van der Waals surface area (Å²) >= 11 is 0. The molecular weight excluding hydrogens is 539 g/mol. The molecule has 0 aliphatic heterocycles. The SMILES string of the molecule is COc1cc(F)c(OC2CCC(C=O)CC2)cc1C(=O)NC1=C(C(=O)Nc2ccc(F)c(C(F)(F)F)c2)CCC1. The maximum atomic E-state index is 14.7. The number of halogens is 5. The zero-order valence-corrected chi connectivity index (χ0v) is 21.5. The van der Waals surface area contributed by atoms with Crippen LogP contribution in [0.2, 0.25) is 0 Å². The quantitative estimate of drug-likeness (QED) is 0.305. The van der Waals surface area contributed by atoms with Crippen molar-refractivity contribution in [1.82, 2.24) is 5.32 Å². The van der Waals surface area contributed by atoms with Crippen LogP contribution in [0.3, 0.4) is 0 Å². The number of aldehydes is 1. The normalized spacial score (nSPS) is 19.2. The van der Waals surface area contributed by atoms with Crippen molar-refractivity contribution in [2.45, 2.75) is 57.2 Å². The highest BCUT2D eigenvalue weighted by Gasteiger charge is 2.34. The van der Waals surface area contributed by atoms with Crippen LogP contribution in [-0.4, -0.2) is 31.3 Å². The Hall–Kier alpha value is -3.96. The Morgan fingerprint density at radius 2 is 1.65 bits per heavy atom. The van der Waals surface area contributed by atoms with Crippen LogP contribution in [-0.2, 0) is 15.8 Å². The zero-order chi connectivity index (χ0) is 29.0. The summed E-state index contributed by atoms with van der Waals surface area (Å²) < 4.78 is 78.4. The maximum absolute atomic E-state index is 14.7. The molecule has 2 aliphatic carbocycles. The van der Waals surface area contributed by atoms with Gasteiger partial charge in [0.05, 0.1) is 24.3 Å². The largest absolute Gasteiger partial charge is 0.496 e. The molecule has 0 heterocycles. The van der Waals surface area contributed by atoms with Gasteiger partial charge in [0.15, 0.2) is 11.6 Å². The summed E-state index contributed by atoms with van der Waals surface area (Å²) in [4.78, 5) is 37.0. The summed E-state index contributed by atoms with van der Waals surface area (Å²) in [5, 5.41) is 4.97. The molecule has 0 bridgehead atoms. The Morgan fingerprint density at radius 3 is 2.30 bits per heavy atom. The van der Waals surface area contributed by atoms with Crippen LogP contribution in [0.5, 0.6) is 11.5 Å². The van der Waals surface area contributed by atoms with E-state index in [4.69, 9.17) is 9.47 Å². The van der Waals surface area contributed by atoms with Crippen LogP contribution >= 0.6 is 0 Å². The number of nitrogens with one attached hydrogen (secondary N) is 2. The third-order valence-electron chi connectivity index (χ3n) is 6.99. The second kappa shape index (κ2) is 12.1. The molecule has 2 N–H and O–H groups in total. The first-order valence-corrected chi connectivity index (χ1v) is 12.7. The Balaban J connectivity index is 1.51. The molecule has 40 heavy (non-hydrogen) atoms. The summed E-state index contributed by atoms with van der Waals surface area (Å²) in [6.45, 7) is 0. The van der Waals surface area contributed by atoms with Crippen LogP contribution in [0.25, 0.3) is 0 Å². The molecule has 12 heteroatoms. The predicted octanol–water partition coefficient (Wildman–Crippen LogP) is 5.94. The van der Waals surface area contributed by atoms with Crippen LogP contribution < -0.4 is 20.1 Å². The lowest BCUT2D eigenvalue weighted by Crippen LogP contribution is -2.27. The van der Waals surface area contributed by atoms with Crippen molar-refractivity contribution in [1.29, 1.82) is 0 Å². The van der Waals surface area contributed by atoms with Gasteiger partial charge in [-0.15, -0.1) is 0 Å². The number of carbonyl (C=O) groups is 3. The topological polar surface area (TPSA) is 93.7 Å². The highest BCUT2D eigenvalue weighted by molar-refractivity contribution is 6.06. The molecule has 214 valence electrons. The summed E-state index contributed by atoms with van der Waals surface area (Å²) in [6.07, 6.45) is -0.977. The van der Waals surface area contributed by atoms with E-state index in [0.29, 0.717) is 50.7 Å². The lowest BCUT2D eigenvalue weighted by Gasteiger charge is -2.26. The van der Waals surface area contributed by atoms with Crippen LogP contribution in [0.1, 0.15) is 60.9 Å². The Bertz CT molecular complexity index is 1330. The minimum atomic E-state index is -4.94. The summed E-state index contributed by atoms with van der Waals surface area (Å²) in [5.41, 5.74) is -1.42. The number of ether oxygens (including phenoxy) is 2. The van der Waals surface area contributed by atoms with E-state index >= 15 is 0 Å². The molecule has 0 unspecified atom stereocenters. The first kappa shape index (κ1) is 29.0. The van der Waals surface area contributed by atoms with Gasteiger partial charge in [0.25, 0.3) is 11.8 Å². The fraction of sp³-hybridized carbons (Fsp3) is 0.393. The zero-order valence-electron chi connectivity index (χ0n) is 21.5. The van der Waals surface area contributed by atoms with Crippen LogP contribution in [0.15, 0.2) is 41.6 Å². The van der Waals surface area contributed by atoms with Crippen molar-refractivity contribution < 1.29 is 45.8 Å². The van der Waals surface area contributed by atoms with Gasteiger partial charge < -0.3 is 24.9 Å². The second-order valence-corrected chi connectivity index (χ2v) is 9.68. The van der Waals surface area contributed by atoms with Crippen molar-refractivity contribution in [3.63, 3.8) is 0 Å². The van der Waals surface area contributed by atoms with E-state index in [2.05, 4.69) is 10.6 Å². The summed E-state index contributed by atoms with van der Waals surface area (Å²) in [6, 6.07) is 4.34. The molecule has 7 nitrogen and oxygen atoms in total. The fourth-order valence-electron chi connectivity index (χ4n) is 4.86. The standard InChI is InChI=1S/C28H27F5N2O5/c1-39-24-13-22(30)25(40-17-8-5-15(14-36)6-9-17)12-19(24)27(38)35-23-4-2-3-18(23)26(37)34-16-7-10-21(29)20(11-16)28(31,32)33/h7,10-15,17H,2-6,8-9H2,1H3,(H,34,37)(H,35,38). The van der Waals surface area contributed by atoms with Gasteiger partial charge in [0.1, 0.15) is 17.9 Å². The first-order chi connectivity index (χ1) is 19.0. The van der Waals surface area contributed by atoms with Gasteiger partial charge in [-0.3, -0.25) is 9.59 Å². The number of allylic oxidation sites excluding steroid dienone is 1. The van der Waals surface area contributed by atoms with Gasteiger partial charge in [0.2, 0.25) is 0 Å². The lowest BCUT2D eigenvalue weighted by atomic mass is 9.88.